The van der Waals surface area contributed by atoms with Gasteiger partial charge in [0.25, 0.3) is 0 Å². The number of aliphatic imine (C=N–C) groups is 2. The highest BCUT2D eigenvalue weighted by atomic mass is 35.5. The van der Waals surface area contributed by atoms with Gasteiger partial charge in [-0.2, -0.15) is 0 Å². The fourth-order valence-corrected chi connectivity index (χ4v) is 4.09. The minimum absolute atomic E-state index is 0. The van der Waals surface area contributed by atoms with Gasteiger partial charge in [-0.3, -0.25) is 9.89 Å². The lowest BCUT2D eigenvalue weighted by Crippen LogP contribution is -2.37. The minimum Gasteiger partial charge on any atom is -0.387 e. The maximum absolute atomic E-state index is 13.8. The van der Waals surface area contributed by atoms with Gasteiger partial charge in [-0.15, -0.1) is 12.4 Å². The van der Waals surface area contributed by atoms with Crippen LogP contribution in [-0.4, -0.2) is 73.2 Å². The van der Waals surface area contributed by atoms with Crippen molar-refractivity contribution in [3.63, 3.8) is 0 Å². The highest BCUT2D eigenvalue weighted by Gasteiger charge is 2.48. The molecule has 3 aliphatic heterocycles. The summed E-state index contributed by atoms with van der Waals surface area (Å²) in [4.78, 5) is 10.2. The number of ether oxygens (including phenoxy) is 1. The molecule has 0 spiro atoms. The fraction of sp³-hybridized carbons (Fsp3) is 0.368. The van der Waals surface area contributed by atoms with E-state index in [1.165, 1.54) is 27.9 Å². The van der Waals surface area contributed by atoms with Crippen LogP contribution in [0.15, 0.2) is 40.4 Å². The Morgan fingerprint density at radius 1 is 1.19 bits per heavy atom. The summed E-state index contributed by atoms with van der Waals surface area (Å²) in [6, 6.07) is 5.50. The first kappa shape index (κ1) is 22.2. The van der Waals surface area contributed by atoms with Crippen LogP contribution in [0, 0.1) is 5.82 Å². The van der Waals surface area contributed by atoms with Crippen LogP contribution in [0.5, 0.6) is 0 Å². The summed E-state index contributed by atoms with van der Waals surface area (Å²) in [5.41, 5.74) is 0.800. The second-order valence-corrected chi connectivity index (χ2v) is 7.76. The zero-order valence-corrected chi connectivity index (χ0v) is 17.4. The van der Waals surface area contributed by atoms with E-state index >= 15 is 0 Å². The summed E-state index contributed by atoms with van der Waals surface area (Å²) in [5, 5.41) is 41.6. The molecule has 3 aliphatic rings. The van der Waals surface area contributed by atoms with E-state index in [9.17, 15) is 24.8 Å². The molecule has 2 aromatic rings. The van der Waals surface area contributed by atoms with Crippen molar-refractivity contribution in [2.75, 3.05) is 6.54 Å². The van der Waals surface area contributed by atoms with Crippen molar-refractivity contribution >= 4 is 42.0 Å². The van der Waals surface area contributed by atoms with Gasteiger partial charge in [0.2, 0.25) is 0 Å². The Morgan fingerprint density at radius 2 is 1.97 bits per heavy atom. The molecule has 31 heavy (non-hydrogen) atoms. The first-order chi connectivity index (χ1) is 14.4. The lowest BCUT2D eigenvalue weighted by Gasteiger charge is -2.25. The number of halogens is 3. The number of nitrogens with zero attached hydrogens (tertiary/aromatic N) is 4. The van der Waals surface area contributed by atoms with Crippen LogP contribution in [0.1, 0.15) is 23.5 Å². The first-order valence-corrected chi connectivity index (χ1v) is 9.65. The maximum Gasteiger partial charge on any atom is 0.164 e. The Labute approximate surface area is 187 Å². The zero-order valence-electron chi connectivity index (χ0n) is 15.8. The summed E-state index contributed by atoms with van der Waals surface area (Å²) in [6.07, 6.45) is -4.18. The van der Waals surface area contributed by atoms with Crippen molar-refractivity contribution < 1.29 is 29.6 Å². The van der Waals surface area contributed by atoms with Gasteiger partial charge in [-0.1, -0.05) is 17.7 Å². The third-order valence-corrected chi connectivity index (χ3v) is 5.85. The van der Waals surface area contributed by atoms with Crippen LogP contribution >= 0.6 is 24.0 Å². The molecule has 4 N–H and O–H groups in total. The highest BCUT2D eigenvalue weighted by Crippen LogP contribution is 2.40. The van der Waals surface area contributed by atoms with Crippen LogP contribution in [0.25, 0.3) is 0 Å². The molecule has 1 aromatic heterocycles. The van der Waals surface area contributed by atoms with E-state index in [0.29, 0.717) is 17.2 Å². The summed E-state index contributed by atoms with van der Waals surface area (Å²) >= 11 is 5.68. The van der Waals surface area contributed by atoms with Crippen LogP contribution in [0.2, 0.25) is 5.02 Å². The third kappa shape index (κ3) is 3.44. The number of fused-ring (bicyclic) bond motifs is 3. The number of aliphatic hydroxyl groups is 4. The van der Waals surface area contributed by atoms with Crippen LogP contribution in [0.4, 0.5) is 10.2 Å². The zero-order chi connectivity index (χ0) is 21.2. The first-order valence-electron chi connectivity index (χ1n) is 9.27. The number of hydrogen-bond donors (Lipinski definition) is 4. The molecule has 166 valence electrons. The Kier molecular flexibility index (Phi) is 5.81. The second kappa shape index (κ2) is 8.14. The average Bonchev–Trinajstić information content (AvgIpc) is 3.40. The van der Waals surface area contributed by atoms with Gasteiger partial charge in [0, 0.05) is 6.20 Å². The maximum atomic E-state index is 13.8. The Bertz CT molecular complexity index is 1060. The molecule has 12 heteroatoms. The van der Waals surface area contributed by atoms with Gasteiger partial charge < -0.3 is 29.7 Å². The van der Waals surface area contributed by atoms with Crippen molar-refractivity contribution in [1.29, 1.82) is 0 Å². The van der Waals surface area contributed by atoms with Gasteiger partial charge in [0.1, 0.15) is 48.2 Å². The molecule has 2 unspecified atom stereocenters. The second-order valence-electron chi connectivity index (χ2n) is 7.35. The van der Waals surface area contributed by atoms with E-state index in [0.717, 1.165) is 6.07 Å². The third-order valence-electron chi connectivity index (χ3n) is 5.55. The highest BCUT2D eigenvalue weighted by molar-refractivity contribution is 6.30. The number of aromatic nitrogens is 1. The number of amidine groups is 1. The summed E-state index contributed by atoms with van der Waals surface area (Å²) < 4.78 is 21.1. The van der Waals surface area contributed by atoms with Gasteiger partial charge in [-0.05, 0) is 23.8 Å². The molecule has 0 saturated carbocycles. The normalized spacial score (nSPS) is 29.9. The van der Waals surface area contributed by atoms with E-state index < -0.39 is 42.7 Å². The van der Waals surface area contributed by atoms with Gasteiger partial charge >= 0.3 is 0 Å². The lowest BCUT2D eigenvalue weighted by molar-refractivity contribution is -0.0854. The largest absolute Gasteiger partial charge is 0.387 e. The molecule has 9 nitrogen and oxygen atoms in total. The number of rotatable bonds is 3. The van der Waals surface area contributed by atoms with Gasteiger partial charge in [-0.25, -0.2) is 9.38 Å². The van der Waals surface area contributed by atoms with E-state index in [-0.39, 0.29) is 29.5 Å². The summed E-state index contributed by atoms with van der Waals surface area (Å²) in [5.74, 6) is 0.270. The summed E-state index contributed by atoms with van der Waals surface area (Å²) in [7, 11) is 0. The molecule has 0 aliphatic carbocycles. The molecule has 1 aromatic carbocycles. The molecule has 0 bridgehead atoms. The Balaban J connectivity index is 0.00000231. The topological polar surface area (TPSA) is 123 Å². The predicted molar refractivity (Wildman–Crippen MR) is 111 cm³/mol. The van der Waals surface area contributed by atoms with Crippen LogP contribution < -0.4 is 0 Å². The molecular weight excluding hydrogens is 454 g/mol. The molecule has 5 rings (SSSR count). The monoisotopic (exact) mass is 472 g/mol. The molecule has 0 radical (unpaired) electrons. The summed E-state index contributed by atoms with van der Waals surface area (Å²) in [6.45, 7) is 0.221. The van der Waals surface area contributed by atoms with Crippen molar-refractivity contribution in [2.24, 2.45) is 9.98 Å². The van der Waals surface area contributed by atoms with Gasteiger partial charge in [0.05, 0.1) is 17.1 Å². The van der Waals surface area contributed by atoms with Crippen molar-refractivity contribution in [3.05, 3.63) is 52.4 Å². The Hall–Kier alpha value is -2.05. The molecular formula is C19H19Cl2FN4O5. The van der Waals surface area contributed by atoms with E-state index in [1.807, 2.05) is 0 Å². The number of benzene rings is 1. The van der Waals surface area contributed by atoms with Crippen molar-refractivity contribution in [2.45, 2.75) is 36.9 Å². The Morgan fingerprint density at radius 3 is 2.71 bits per heavy atom. The minimum atomic E-state index is -1.43. The molecule has 0 amide bonds. The SMILES string of the molecule is Cl.OC(c1ccc(Cl)c(F)c1)[C@H]1O[C@@H](n2ccc3c2N=CN2C3=NCC2O)[C@H](O)[C@@H]1O. The number of aliphatic hydroxyl groups excluding tert-OH is 4. The average molecular weight is 473 g/mol. The van der Waals surface area contributed by atoms with E-state index in [2.05, 4.69) is 9.98 Å². The van der Waals surface area contributed by atoms with Crippen LogP contribution in [0.3, 0.4) is 0 Å². The van der Waals surface area contributed by atoms with Crippen LogP contribution in [-0.2, 0) is 4.74 Å². The lowest BCUT2D eigenvalue weighted by atomic mass is 9.99. The molecule has 1 fully saturated rings. The van der Waals surface area contributed by atoms with Gasteiger partial charge in [0.15, 0.2) is 12.5 Å². The van der Waals surface area contributed by atoms with Crippen molar-refractivity contribution in [1.82, 2.24) is 9.47 Å². The van der Waals surface area contributed by atoms with E-state index in [4.69, 9.17) is 16.3 Å². The quantitative estimate of drug-likeness (QED) is 0.530. The van der Waals surface area contributed by atoms with E-state index in [1.54, 1.807) is 12.3 Å². The standard InChI is InChI=1S/C19H18ClFN4O5.ClH/c20-10-2-1-8(5-11(10)21)13(27)16-14(28)15(29)19(30-16)24-4-3-9-17-22-6-12(26)25(17)7-23-18(9)24;/h1-5,7,12-16,19,26-29H,6H2;1H/t12?,13?,14-,15+,16+,19+;/m0./s1. The number of hydrogen-bond acceptors (Lipinski definition) is 8. The molecule has 1 saturated heterocycles. The van der Waals surface area contributed by atoms with Crippen molar-refractivity contribution in [3.8, 4) is 0 Å². The predicted octanol–water partition coefficient (Wildman–Crippen LogP) is 1.11. The molecule has 6 atom stereocenters. The fourth-order valence-electron chi connectivity index (χ4n) is 3.97. The molecule has 4 heterocycles. The smallest absolute Gasteiger partial charge is 0.164 e.